The van der Waals surface area contributed by atoms with E-state index in [2.05, 4.69) is 29.2 Å². The summed E-state index contributed by atoms with van der Waals surface area (Å²) in [6.07, 6.45) is 0.235. The number of aromatic nitrogens is 2. The van der Waals surface area contributed by atoms with Crippen molar-refractivity contribution in [1.29, 1.82) is 0 Å². The highest BCUT2D eigenvalue weighted by molar-refractivity contribution is 6.08. The van der Waals surface area contributed by atoms with Gasteiger partial charge in [-0.1, -0.05) is 0 Å². The molecule has 2 aromatic rings. The normalized spacial score (nSPS) is 18.1. The van der Waals surface area contributed by atoms with E-state index in [0.29, 0.717) is 30.7 Å². The Morgan fingerprint density at radius 2 is 1.90 bits per heavy atom. The van der Waals surface area contributed by atoms with Crippen LogP contribution in [0.3, 0.4) is 0 Å². The number of nitrogens with one attached hydrogen (secondary N) is 1. The lowest BCUT2D eigenvalue weighted by Gasteiger charge is -2.36. The van der Waals surface area contributed by atoms with Gasteiger partial charge >= 0.3 is 6.03 Å². The molecule has 0 unspecified atom stereocenters. The first kappa shape index (κ1) is 21.1. The fourth-order valence-electron chi connectivity index (χ4n) is 4.00. The summed E-state index contributed by atoms with van der Waals surface area (Å²) in [7, 11) is 1.78. The third-order valence-electron chi connectivity index (χ3n) is 5.87. The van der Waals surface area contributed by atoms with E-state index in [4.69, 9.17) is 4.74 Å². The number of carbonyl (C=O) groups is 3. The lowest BCUT2D eigenvalue weighted by molar-refractivity contribution is -0.135. The fraction of sp³-hybridized carbons (Fsp3) is 0.524. The third-order valence-corrected chi connectivity index (χ3v) is 5.87. The Kier molecular flexibility index (Phi) is 5.81. The van der Waals surface area contributed by atoms with Crippen molar-refractivity contribution < 1.29 is 19.1 Å². The van der Waals surface area contributed by atoms with Gasteiger partial charge in [-0.15, -0.1) is 0 Å². The predicted octanol–water partition coefficient (Wildman–Crippen LogP) is 0.951. The molecular formula is C21H28N6O4. The van der Waals surface area contributed by atoms with E-state index in [0.717, 1.165) is 24.0 Å². The first-order valence-electron chi connectivity index (χ1n) is 10.6. The van der Waals surface area contributed by atoms with Crippen LogP contribution in [0.1, 0.15) is 20.3 Å². The molecule has 10 heteroatoms. The highest BCUT2D eigenvalue weighted by Gasteiger charge is 2.28. The van der Waals surface area contributed by atoms with E-state index in [9.17, 15) is 14.4 Å². The molecule has 2 saturated heterocycles. The van der Waals surface area contributed by atoms with Crippen molar-refractivity contribution in [3.05, 3.63) is 18.2 Å². The maximum Gasteiger partial charge on any atom is 0.329 e. The van der Waals surface area contributed by atoms with Crippen molar-refractivity contribution in [3.8, 4) is 5.75 Å². The van der Waals surface area contributed by atoms with Crippen LogP contribution < -0.4 is 15.0 Å². The molecule has 2 aliphatic rings. The molecule has 3 heterocycles. The van der Waals surface area contributed by atoms with Crippen LogP contribution in [-0.2, 0) is 16.6 Å². The van der Waals surface area contributed by atoms with Gasteiger partial charge in [0.05, 0.1) is 5.52 Å². The molecule has 4 rings (SSSR count). The summed E-state index contributed by atoms with van der Waals surface area (Å²) in [5.74, 6) is 0.749. The number of carbonyl (C=O) groups excluding carboxylic acids is 3. The summed E-state index contributed by atoms with van der Waals surface area (Å²) in [6, 6.07) is 5.41. The SMILES string of the molecule is CC(C)N1CCN(C(=O)COc2ccc3c(N4CCC(=O)NC4=O)nn(C)c3c2)CC1. The maximum absolute atomic E-state index is 12.5. The number of nitrogens with zero attached hydrogens (tertiary/aromatic N) is 5. The summed E-state index contributed by atoms with van der Waals surface area (Å²) in [5, 5.41) is 7.54. The molecule has 0 saturated carbocycles. The largest absolute Gasteiger partial charge is 0.484 e. The molecule has 0 spiro atoms. The smallest absolute Gasteiger partial charge is 0.329 e. The molecule has 31 heavy (non-hydrogen) atoms. The first-order valence-corrected chi connectivity index (χ1v) is 10.6. The van der Waals surface area contributed by atoms with E-state index in [-0.39, 0.29) is 31.4 Å². The monoisotopic (exact) mass is 428 g/mol. The van der Waals surface area contributed by atoms with E-state index in [1.807, 2.05) is 17.0 Å². The minimum atomic E-state index is -0.472. The Labute approximate surface area is 180 Å². The first-order chi connectivity index (χ1) is 14.8. The number of benzene rings is 1. The van der Waals surface area contributed by atoms with E-state index < -0.39 is 6.03 Å². The number of fused-ring (bicyclic) bond motifs is 1. The summed E-state index contributed by atoms with van der Waals surface area (Å²) in [4.78, 5) is 41.8. The second kappa shape index (κ2) is 8.54. The molecule has 1 aromatic heterocycles. The Hall–Kier alpha value is -3.14. The van der Waals surface area contributed by atoms with Crippen molar-refractivity contribution in [3.63, 3.8) is 0 Å². The zero-order valence-corrected chi connectivity index (χ0v) is 18.1. The molecule has 0 bridgehead atoms. The number of ether oxygens (including phenoxy) is 1. The molecule has 2 aliphatic heterocycles. The van der Waals surface area contributed by atoms with Crippen LogP contribution in [-0.4, -0.2) is 82.8 Å². The van der Waals surface area contributed by atoms with Gasteiger partial charge in [-0.2, -0.15) is 5.10 Å². The van der Waals surface area contributed by atoms with Gasteiger partial charge < -0.3 is 9.64 Å². The van der Waals surface area contributed by atoms with Crippen molar-refractivity contribution in [2.24, 2.45) is 7.05 Å². The number of anilines is 1. The number of aryl methyl sites for hydroxylation is 1. The van der Waals surface area contributed by atoms with Gasteiger partial charge in [-0.3, -0.25) is 29.4 Å². The zero-order valence-electron chi connectivity index (χ0n) is 18.1. The molecule has 2 fully saturated rings. The van der Waals surface area contributed by atoms with Crippen molar-refractivity contribution in [1.82, 2.24) is 24.9 Å². The molecule has 1 N–H and O–H groups in total. The predicted molar refractivity (Wildman–Crippen MR) is 115 cm³/mol. The summed E-state index contributed by atoms with van der Waals surface area (Å²) < 4.78 is 7.43. The number of amides is 4. The Bertz CT molecular complexity index is 1010. The molecule has 166 valence electrons. The van der Waals surface area contributed by atoms with Gasteiger partial charge in [-0.25, -0.2) is 4.79 Å². The fourth-order valence-corrected chi connectivity index (χ4v) is 4.00. The van der Waals surface area contributed by atoms with Crippen molar-refractivity contribution >= 4 is 34.6 Å². The number of rotatable bonds is 5. The average molecular weight is 428 g/mol. The standard InChI is InChI=1S/C21H28N6O4/c1-14(2)25-8-10-26(11-9-25)19(29)13-31-15-4-5-16-17(12-15)24(3)23-20(16)27-7-6-18(28)22-21(27)30/h4-5,12,14H,6-11,13H2,1-3H3,(H,22,28,30). The van der Waals surface area contributed by atoms with Crippen LogP contribution in [0.2, 0.25) is 0 Å². The van der Waals surface area contributed by atoms with E-state index in [1.165, 1.54) is 4.90 Å². The van der Waals surface area contributed by atoms with Crippen LogP contribution in [0.5, 0.6) is 5.75 Å². The maximum atomic E-state index is 12.5. The van der Waals surface area contributed by atoms with Crippen LogP contribution in [0.25, 0.3) is 10.9 Å². The van der Waals surface area contributed by atoms with Gasteiger partial charge in [0.2, 0.25) is 5.91 Å². The highest BCUT2D eigenvalue weighted by Crippen LogP contribution is 2.29. The average Bonchev–Trinajstić information content (AvgIpc) is 3.08. The zero-order chi connectivity index (χ0) is 22.1. The van der Waals surface area contributed by atoms with Crippen molar-refractivity contribution in [2.45, 2.75) is 26.3 Å². The van der Waals surface area contributed by atoms with Gasteiger partial charge in [-0.05, 0) is 26.0 Å². The number of hydrogen-bond donors (Lipinski definition) is 1. The lowest BCUT2D eigenvalue weighted by Crippen LogP contribution is -2.51. The van der Waals surface area contributed by atoms with Crippen LogP contribution in [0, 0.1) is 0 Å². The quantitative estimate of drug-likeness (QED) is 0.761. The second-order valence-electron chi connectivity index (χ2n) is 8.18. The third kappa shape index (κ3) is 4.34. The molecule has 0 aliphatic carbocycles. The Morgan fingerprint density at radius 3 is 2.58 bits per heavy atom. The lowest BCUT2D eigenvalue weighted by atomic mass is 10.2. The summed E-state index contributed by atoms with van der Waals surface area (Å²) >= 11 is 0. The van der Waals surface area contributed by atoms with E-state index >= 15 is 0 Å². The number of urea groups is 1. The summed E-state index contributed by atoms with van der Waals surface area (Å²) in [5.41, 5.74) is 0.773. The van der Waals surface area contributed by atoms with E-state index in [1.54, 1.807) is 17.8 Å². The topological polar surface area (TPSA) is 100 Å². The van der Waals surface area contributed by atoms with Gasteiger partial charge in [0.15, 0.2) is 12.4 Å². The Morgan fingerprint density at radius 1 is 1.16 bits per heavy atom. The molecular weight excluding hydrogens is 400 g/mol. The summed E-state index contributed by atoms with van der Waals surface area (Å²) in [6.45, 7) is 7.78. The highest BCUT2D eigenvalue weighted by atomic mass is 16.5. The number of piperazine rings is 1. The minimum Gasteiger partial charge on any atom is -0.484 e. The van der Waals surface area contributed by atoms with Gasteiger partial charge in [0.1, 0.15) is 5.75 Å². The second-order valence-corrected chi connectivity index (χ2v) is 8.18. The van der Waals surface area contributed by atoms with Crippen LogP contribution >= 0.6 is 0 Å². The van der Waals surface area contributed by atoms with Crippen LogP contribution in [0.4, 0.5) is 10.6 Å². The molecule has 0 radical (unpaired) electrons. The number of hydrogen-bond acceptors (Lipinski definition) is 6. The van der Waals surface area contributed by atoms with Crippen molar-refractivity contribution in [2.75, 3.05) is 44.2 Å². The van der Waals surface area contributed by atoms with Gasteiger partial charge in [0.25, 0.3) is 5.91 Å². The van der Waals surface area contributed by atoms with Crippen LogP contribution in [0.15, 0.2) is 18.2 Å². The molecule has 1 aromatic carbocycles. The molecule has 4 amide bonds. The molecule has 10 nitrogen and oxygen atoms in total. The van der Waals surface area contributed by atoms with Gasteiger partial charge in [0, 0.05) is 63.7 Å². The Balaban J connectivity index is 1.42. The molecule has 0 atom stereocenters. The number of imide groups is 1. The minimum absolute atomic E-state index is 0.0193.